The fourth-order valence-electron chi connectivity index (χ4n) is 3.69. The van der Waals surface area contributed by atoms with E-state index in [0.717, 1.165) is 29.7 Å². The molecule has 0 saturated heterocycles. The lowest BCUT2D eigenvalue weighted by Gasteiger charge is -2.28. The molecule has 0 radical (unpaired) electrons. The average molecular weight is 492 g/mol. The highest BCUT2D eigenvalue weighted by Crippen LogP contribution is 2.32. The van der Waals surface area contributed by atoms with Gasteiger partial charge in [0, 0.05) is 12.1 Å². The van der Waals surface area contributed by atoms with Gasteiger partial charge in [0.25, 0.3) is 0 Å². The normalized spacial score (nSPS) is 12.6. The first kappa shape index (κ1) is 28.4. The zero-order chi connectivity index (χ0) is 23.1. The van der Waals surface area contributed by atoms with Gasteiger partial charge < -0.3 is 10.6 Å². The molecule has 1 aromatic rings. The molecule has 1 amide bonds. The van der Waals surface area contributed by atoms with Gasteiger partial charge in [-0.3, -0.25) is 4.79 Å². The van der Waals surface area contributed by atoms with E-state index in [-0.39, 0.29) is 5.91 Å². The molecule has 0 aliphatic heterocycles. The summed E-state index contributed by atoms with van der Waals surface area (Å²) >= 11 is 18.3. The SMILES string of the molecule is CCCCCCCCCCCCCCC(=O)N[C@@H](Nc1ccc(C)cc1C)C(Cl)(Cl)Cl. The fourth-order valence-corrected chi connectivity index (χ4v) is 4.02. The quantitative estimate of drug-likeness (QED) is 0.138. The highest BCUT2D eigenvalue weighted by molar-refractivity contribution is 6.68. The molecule has 0 fully saturated rings. The van der Waals surface area contributed by atoms with E-state index in [1.165, 1.54) is 64.2 Å². The van der Waals surface area contributed by atoms with Gasteiger partial charge in [0.2, 0.25) is 9.70 Å². The summed E-state index contributed by atoms with van der Waals surface area (Å²) in [6, 6.07) is 5.97. The van der Waals surface area contributed by atoms with E-state index < -0.39 is 9.96 Å². The van der Waals surface area contributed by atoms with Crippen molar-refractivity contribution in [2.75, 3.05) is 5.32 Å². The van der Waals surface area contributed by atoms with Crippen molar-refractivity contribution >= 4 is 46.4 Å². The molecule has 0 heterocycles. The lowest BCUT2D eigenvalue weighted by atomic mass is 10.0. The van der Waals surface area contributed by atoms with Gasteiger partial charge in [0.05, 0.1) is 0 Å². The number of benzene rings is 1. The molecular weight excluding hydrogens is 451 g/mol. The second-order valence-corrected chi connectivity index (χ2v) is 11.0. The number of hydrogen-bond acceptors (Lipinski definition) is 2. The Morgan fingerprint density at radius 3 is 1.87 bits per heavy atom. The summed E-state index contributed by atoms with van der Waals surface area (Å²) in [5.74, 6) is -0.0966. The molecule has 0 bridgehead atoms. The van der Waals surface area contributed by atoms with Crippen LogP contribution < -0.4 is 10.6 Å². The Kier molecular flexibility index (Phi) is 14.7. The Labute approximate surface area is 205 Å². The van der Waals surface area contributed by atoms with Gasteiger partial charge in [-0.05, 0) is 31.9 Å². The Balaban J connectivity index is 2.22. The van der Waals surface area contributed by atoms with Crippen LogP contribution in [0, 0.1) is 13.8 Å². The lowest BCUT2D eigenvalue weighted by Crippen LogP contribution is -2.49. The van der Waals surface area contributed by atoms with Crippen LogP contribution in [-0.4, -0.2) is 15.9 Å². The summed E-state index contributed by atoms with van der Waals surface area (Å²) in [7, 11) is 0. The van der Waals surface area contributed by atoms with E-state index in [9.17, 15) is 4.79 Å². The number of alkyl halides is 3. The summed E-state index contributed by atoms with van der Waals surface area (Å²) in [6.45, 7) is 6.27. The van der Waals surface area contributed by atoms with Crippen molar-refractivity contribution in [3.63, 3.8) is 0 Å². The van der Waals surface area contributed by atoms with Crippen LogP contribution in [0.3, 0.4) is 0 Å². The van der Waals surface area contributed by atoms with Crippen LogP contribution in [0.2, 0.25) is 0 Å². The van der Waals surface area contributed by atoms with Crippen molar-refractivity contribution in [1.29, 1.82) is 0 Å². The summed E-state index contributed by atoms with van der Waals surface area (Å²) in [6.07, 6.45) is 14.8. The van der Waals surface area contributed by atoms with E-state index >= 15 is 0 Å². The Bertz CT molecular complexity index is 632. The molecule has 1 atom stereocenters. The Morgan fingerprint density at radius 1 is 0.871 bits per heavy atom. The molecule has 0 aromatic heterocycles. The monoisotopic (exact) mass is 490 g/mol. The number of rotatable bonds is 16. The number of carbonyl (C=O) groups is 1. The van der Waals surface area contributed by atoms with Crippen molar-refractivity contribution < 1.29 is 4.79 Å². The van der Waals surface area contributed by atoms with E-state index in [4.69, 9.17) is 34.8 Å². The number of nitrogens with one attached hydrogen (secondary N) is 2. The molecule has 0 aliphatic rings. The summed E-state index contributed by atoms with van der Waals surface area (Å²) < 4.78 is -1.65. The highest BCUT2D eigenvalue weighted by Gasteiger charge is 2.34. The maximum atomic E-state index is 12.4. The summed E-state index contributed by atoms with van der Waals surface area (Å²) in [5.41, 5.74) is 3.03. The Morgan fingerprint density at radius 2 is 1.39 bits per heavy atom. The first-order valence-corrected chi connectivity index (χ1v) is 13.1. The third kappa shape index (κ3) is 13.5. The molecule has 178 valence electrons. The number of aryl methyl sites for hydroxylation is 2. The zero-order valence-electron chi connectivity index (χ0n) is 19.5. The molecule has 1 aromatic carbocycles. The minimum Gasteiger partial charge on any atom is -0.362 e. The van der Waals surface area contributed by atoms with Crippen molar-refractivity contribution in [1.82, 2.24) is 5.32 Å². The van der Waals surface area contributed by atoms with Gasteiger partial charge in [-0.1, -0.05) is 130 Å². The standard InChI is InChI=1S/C25H41Cl3N2O/c1-4-5-6-7-8-9-10-11-12-13-14-15-16-23(31)30-24(25(26,27)28)29-22-18-17-20(2)19-21(22)3/h17-19,24,29H,4-16H2,1-3H3,(H,30,31)/t24-/m1/s1. The molecule has 0 aliphatic carbocycles. The first-order chi connectivity index (χ1) is 14.7. The molecule has 0 unspecified atom stereocenters. The van der Waals surface area contributed by atoms with Crippen LogP contribution in [0.15, 0.2) is 18.2 Å². The van der Waals surface area contributed by atoms with E-state index in [1.54, 1.807) is 0 Å². The number of hydrogen-bond donors (Lipinski definition) is 2. The molecular formula is C25H41Cl3N2O. The highest BCUT2D eigenvalue weighted by atomic mass is 35.6. The second kappa shape index (κ2) is 16.0. The van der Waals surface area contributed by atoms with E-state index in [1.807, 2.05) is 32.0 Å². The fraction of sp³-hybridized carbons (Fsp3) is 0.720. The molecule has 0 saturated carbocycles. The average Bonchev–Trinajstić information content (AvgIpc) is 2.69. The Hall–Kier alpha value is -0.640. The zero-order valence-corrected chi connectivity index (χ0v) is 21.8. The van der Waals surface area contributed by atoms with Gasteiger partial charge in [-0.2, -0.15) is 0 Å². The number of anilines is 1. The van der Waals surface area contributed by atoms with Gasteiger partial charge >= 0.3 is 0 Å². The van der Waals surface area contributed by atoms with Crippen LogP contribution in [0.1, 0.15) is 102 Å². The van der Waals surface area contributed by atoms with Crippen molar-refractivity contribution in [2.24, 2.45) is 0 Å². The molecule has 31 heavy (non-hydrogen) atoms. The van der Waals surface area contributed by atoms with Gasteiger partial charge in [-0.25, -0.2) is 0 Å². The van der Waals surface area contributed by atoms with Gasteiger partial charge in [0.1, 0.15) is 6.17 Å². The molecule has 6 heteroatoms. The van der Waals surface area contributed by atoms with Crippen LogP contribution in [0.25, 0.3) is 0 Å². The topological polar surface area (TPSA) is 41.1 Å². The second-order valence-electron chi connectivity index (χ2n) is 8.64. The third-order valence-electron chi connectivity index (χ3n) is 5.57. The van der Waals surface area contributed by atoms with Crippen LogP contribution >= 0.6 is 34.8 Å². The lowest BCUT2D eigenvalue weighted by molar-refractivity contribution is -0.121. The molecule has 3 nitrogen and oxygen atoms in total. The van der Waals surface area contributed by atoms with Crippen LogP contribution in [0.4, 0.5) is 5.69 Å². The van der Waals surface area contributed by atoms with Gasteiger partial charge in [0.15, 0.2) is 0 Å². The third-order valence-corrected chi connectivity index (χ3v) is 6.23. The maximum Gasteiger partial charge on any atom is 0.228 e. The van der Waals surface area contributed by atoms with Gasteiger partial charge in [-0.15, -0.1) is 0 Å². The number of amides is 1. The van der Waals surface area contributed by atoms with Crippen LogP contribution in [0.5, 0.6) is 0 Å². The van der Waals surface area contributed by atoms with Crippen molar-refractivity contribution in [3.8, 4) is 0 Å². The van der Waals surface area contributed by atoms with Crippen LogP contribution in [-0.2, 0) is 4.79 Å². The maximum absolute atomic E-state index is 12.4. The predicted octanol–water partition coefficient (Wildman–Crippen LogP) is 8.62. The predicted molar refractivity (Wildman–Crippen MR) is 137 cm³/mol. The number of halogens is 3. The first-order valence-electron chi connectivity index (χ1n) is 11.9. The number of carbonyl (C=O) groups excluding carboxylic acids is 1. The van der Waals surface area contributed by atoms with E-state index in [2.05, 4.69) is 17.6 Å². The number of unbranched alkanes of at least 4 members (excludes halogenated alkanes) is 11. The van der Waals surface area contributed by atoms with Crippen molar-refractivity contribution in [3.05, 3.63) is 29.3 Å². The smallest absolute Gasteiger partial charge is 0.228 e. The minimum atomic E-state index is -1.65. The minimum absolute atomic E-state index is 0.0966. The van der Waals surface area contributed by atoms with Crippen molar-refractivity contribution in [2.45, 2.75) is 114 Å². The summed E-state index contributed by atoms with van der Waals surface area (Å²) in [5, 5.41) is 6.00. The molecule has 2 N–H and O–H groups in total. The molecule has 1 rings (SSSR count). The molecule has 0 spiro atoms. The summed E-state index contributed by atoms with van der Waals surface area (Å²) in [4.78, 5) is 12.4. The largest absolute Gasteiger partial charge is 0.362 e. The van der Waals surface area contributed by atoms with E-state index in [0.29, 0.717) is 6.42 Å².